The van der Waals surface area contributed by atoms with Crippen LogP contribution in [-0.4, -0.2) is 63.2 Å². The zero-order valence-corrected chi connectivity index (χ0v) is 18.5. The summed E-state index contributed by atoms with van der Waals surface area (Å²) in [4.78, 5) is 10.9. The summed E-state index contributed by atoms with van der Waals surface area (Å²) in [5.41, 5.74) is 0. The molecule has 0 aromatic rings. The summed E-state index contributed by atoms with van der Waals surface area (Å²) in [5.74, 6) is -4.30. The van der Waals surface area contributed by atoms with Crippen LogP contribution in [0.3, 0.4) is 0 Å². The van der Waals surface area contributed by atoms with E-state index in [1.165, 1.54) is 0 Å². The molecule has 0 aliphatic carbocycles. The van der Waals surface area contributed by atoms with Gasteiger partial charge in [-0.1, -0.05) is 0 Å². The quantitative estimate of drug-likeness (QED) is 0.472. The minimum atomic E-state index is -4.42. The number of hydrogen-bond donors (Lipinski definition) is 0. The molecule has 1 amide bonds. The van der Waals surface area contributed by atoms with Crippen molar-refractivity contribution < 1.29 is 70.6 Å². The molecule has 26 heavy (non-hydrogen) atoms. The van der Waals surface area contributed by atoms with Gasteiger partial charge < -0.3 is 33.2 Å². The molecule has 1 unspecified atom stereocenters. The molecule has 0 aromatic carbocycles. The van der Waals surface area contributed by atoms with Crippen LogP contribution in [0.5, 0.6) is 0 Å². The van der Waals surface area contributed by atoms with Gasteiger partial charge in [0, 0.05) is 0 Å². The Morgan fingerprint density at radius 2 is 1.81 bits per heavy atom. The molecule has 3 heterocycles. The Labute approximate surface area is 174 Å². The molecule has 0 N–H and O–H groups in total. The molecule has 3 aliphatic heterocycles. The maximum atomic E-state index is 11.7. The summed E-state index contributed by atoms with van der Waals surface area (Å²) >= 11 is 0. The van der Waals surface area contributed by atoms with Gasteiger partial charge in [0.05, 0.1) is 12.5 Å². The third-order valence-electron chi connectivity index (χ3n) is 3.92. The average molecular weight is 403 g/mol. The largest absolute Gasteiger partial charge is 1.00 e. The molecule has 10 nitrogen and oxygen atoms in total. The van der Waals surface area contributed by atoms with Gasteiger partial charge in [-0.2, -0.15) is 0 Å². The van der Waals surface area contributed by atoms with E-state index in [9.17, 15) is 13.2 Å². The van der Waals surface area contributed by atoms with Crippen molar-refractivity contribution in [3.8, 4) is 0 Å². The van der Waals surface area contributed by atoms with Crippen LogP contribution in [0.4, 0.5) is 0 Å². The van der Waals surface area contributed by atoms with Crippen molar-refractivity contribution in [2.24, 2.45) is 0 Å². The molecule has 12 heteroatoms. The van der Waals surface area contributed by atoms with Gasteiger partial charge in [0.25, 0.3) is 0 Å². The number of nitrogens with zero attached hydrogens (tertiary/aromatic N) is 1. The first-order valence-electron chi connectivity index (χ1n) is 7.84. The minimum Gasteiger partial charge on any atom is -0.523 e. The first-order chi connectivity index (χ1) is 11.3. The van der Waals surface area contributed by atoms with Crippen molar-refractivity contribution >= 4 is 16.2 Å². The molecular formula is C14H22NNaO9S. The second-order valence-corrected chi connectivity index (χ2v) is 8.38. The van der Waals surface area contributed by atoms with Crippen LogP contribution in [0, 0.1) is 0 Å². The Morgan fingerprint density at radius 3 is 2.42 bits per heavy atom. The fraction of sp³-hybridized carbons (Fsp3) is 0.929. The first-order valence-corrected chi connectivity index (χ1v) is 9.20. The Morgan fingerprint density at radius 1 is 1.15 bits per heavy atom. The molecule has 3 rings (SSSR count). The number of amides is 1. The summed E-state index contributed by atoms with van der Waals surface area (Å²) in [6.07, 6.45) is -1.69. The number of carbonyl (C=O) groups is 1. The van der Waals surface area contributed by atoms with E-state index in [0.29, 0.717) is 0 Å². The van der Waals surface area contributed by atoms with E-state index in [0.717, 1.165) is 6.92 Å². The predicted molar refractivity (Wildman–Crippen MR) is 81.5 cm³/mol. The van der Waals surface area contributed by atoms with Crippen LogP contribution in [0.15, 0.2) is 0 Å². The summed E-state index contributed by atoms with van der Waals surface area (Å²) in [5, 5.41) is 0. The summed E-state index contributed by atoms with van der Waals surface area (Å²) in [7, 11) is -4.42. The van der Waals surface area contributed by atoms with Gasteiger partial charge in [0.1, 0.15) is 24.9 Å². The van der Waals surface area contributed by atoms with Crippen LogP contribution < -0.4 is 29.6 Å². The van der Waals surface area contributed by atoms with Crippen molar-refractivity contribution in [3.05, 3.63) is 4.72 Å². The molecule has 3 aliphatic rings. The first kappa shape index (κ1) is 22.5. The molecule has 4 atom stereocenters. The molecule has 0 saturated carbocycles. The third-order valence-corrected chi connectivity index (χ3v) is 4.82. The zero-order chi connectivity index (χ0) is 18.7. The van der Waals surface area contributed by atoms with Crippen molar-refractivity contribution in [1.82, 2.24) is 0 Å². The molecule has 3 fully saturated rings. The fourth-order valence-corrected chi connectivity index (χ4v) is 3.97. The van der Waals surface area contributed by atoms with Crippen LogP contribution in [-0.2, 0) is 43.0 Å². The van der Waals surface area contributed by atoms with Gasteiger partial charge in [0.15, 0.2) is 11.6 Å². The Kier molecular flexibility index (Phi) is 6.23. The summed E-state index contributed by atoms with van der Waals surface area (Å²) < 4.78 is 60.4. The monoisotopic (exact) mass is 403 g/mol. The van der Waals surface area contributed by atoms with Gasteiger partial charge in [-0.25, -0.2) is 8.42 Å². The van der Waals surface area contributed by atoms with E-state index in [-0.39, 0.29) is 42.3 Å². The van der Waals surface area contributed by atoms with Crippen molar-refractivity contribution in [3.63, 3.8) is 0 Å². The van der Waals surface area contributed by atoms with Crippen molar-refractivity contribution in [1.29, 1.82) is 0 Å². The van der Waals surface area contributed by atoms with Crippen LogP contribution in [0.2, 0.25) is 0 Å². The second kappa shape index (κ2) is 7.21. The van der Waals surface area contributed by atoms with Crippen molar-refractivity contribution in [2.75, 3.05) is 13.2 Å². The van der Waals surface area contributed by atoms with Gasteiger partial charge in [0.2, 0.25) is 16.1 Å². The van der Waals surface area contributed by atoms with Crippen molar-refractivity contribution in [2.45, 2.75) is 70.3 Å². The standard InChI is InChI=1S/C14H23NO9S.Na/c1-8(16)15-25(17,18)20-7-14-11(23-13(4,5)24-14)10-9(6-19-14)21-12(2,3)22-10;/h9-11H,6-7H2,1-5H3,(H,15,16);/q;+1/p-1/t9-,10?,11+,14+;/m1./s1. The molecule has 0 spiro atoms. The number of hydrogen-bond acceptors (Lipinski definition) is 9. The fourth-order valence-electron chi connectivity index (χ4n) is 3.29. The van der Waals surface area contributed by atoms with E-state index in [1.54, 1.807) is 27.7 Å². The van der Waals surface area contributed by atoms with Crippen LogP contribution in [0.1, 0.15) is 34.6 Å². The van der Waals surface area contributed by atoms with Gasteiger partial charge in [-0.3, -0.25) is 4.18 Å². The number of carbonyl (C=O) groups excluding carboxylic acids is 1. The Balaban J connectivity index is 0.00000243. The maximum Gasteiger partial charge on any atom is 1.00 e. The normalized spacial score (nSPS) is 37.3. The summed E-state index contributed by atoms with van der Waals surface area (Å²) in [6.45, 7) is 7.45. The summed E-state index contributed by atoms with van der Waals surface area (Å²) in [6, 6.07) is 0. The molecule has 0 radical (unpaired) electrons. The SMILES string of the molecule is CC(=O)[N-]S(=O)(=O)OC[C@@]12OC[C@H]3OC(C)(C)OC3[C@@H]1OC(C)(C)O2.[Na+]. The third kappa shape index (κ3) is 4.59. The second-order valence-electron chi connectivity index (χ2n) is 7.10. The average Bonchev–Trinajstić information content (AvgIpc) is 2.87. The predicted octanol–water partition coefficient (Wildman–Crippen LogP) is -2.43. The minimum absolute atomic E-state index is 0. The van der Waals surface area contributed by atoms with Gasteiger partial charge in [-0.15, -0.1) is 0 Å². The topological polar surface area (TPSA) is 121 Å². The Hall–Kier alpha value is 0.180. The van der Waals surface area contributed by atoms with E-state index < -0.39 is 52.4 Å². The van der Waals surface area contributed by atoms with Gasteiger partial charge in [-0.05, 0) is 34.6 Å². The Bertz CT molecular complexity index is 667. The molecular weight excluding hydrogens is 381 g/mol. The van der Waals surface area contributed by atoms with E-state index in [1.807, 2.05) is 0 Å². The number of fused-ring (bicyclic) bond motifs is 3. The van der Waals surface area contributed by atoms with Crippen LogP contribution >= 0.6 is 0 Å². The smallest absolute Gasteiger partial charge is 0.523 e. The number of ether oxygens (including phenoxy) is 5. The van der Waals surface area contributed by atoms with E-state index in [2.05, 4.69) is 4.72 Å². The molecule has 0 aromatic heterocycles. The molecule has 0 bridgehead atoms. The molecule has 3 saturated heterocycles. The number of rotatable bonds is 4. The van der Waals surface area contributed by atoms with Crippen LogP contribution in [0.25, 0.3) is 4.72 Å². The maximum absolute atomic E-state index is 11.7. The molecule has 144 valence electrons. The van der Waals surface area contributed by atoms with Gasteiger partial charge >= 0.3 is 29.6 Å². The van der Waals surface area contributed by atoms with E-state index >= 15 is 0 Å². The zero-order valence-electron chi connectivity index (χ0n) is 15.7. The van der Waals surface area contributed by atoms with E-state index in [4.69, 9.17) is 27.9 Å².